The number of methoxy groups -OCH3 is 2. The molecule has 0 radical (unpaired) electrons. The zero-order chi connectivity index (χ0) is 22.7. The van der Waals surface area contributed by atoms with Gasteiger partial charge in [0.2, 0.25) is 12.7 Å². The quantitative estimate of drug-likeness (QED) is 0.660. The van der Waals surface area contributed by atoms with Gasteiger partial charge >= 0.3 is 0 Å². The number of carbonyl (C=O) groups is 1. The van der Waals surface area contributed by atoms with Gasteiger partial charge in [-0.3, -0.25) is 9.59 Å². The molecule has 170 valence electrons. The Kier molecular flexibility index (Phi) is 4.50. The van der Waals surface area contributed by atoms with E-state index in [1.165, 1.54) is 0 Å². The van der Waals surface area contributed by atoms with Gasteiger partial charge in [0.05, 0.1) is 25.8 Å². The molecule has 3 aliphatic rings. The molecule has 6 rings (SSSR count). The van der Waals surface area contributed by atoms with Crippen molar-refractivity contribution in [2.45, 2.75) is 25.3 Å². The molecular weight excluding hydrogens is 424 g/mol. The maximum Gasteiger partial charge on any atom is 0.254 e. The summed E-state index contributed by atoms with van der Waals surface area (Å²) in [6.07, 6.45) is 2.49. The van der Waals surface area contributed by atoms with Crippen LogP contribution in [0.4, 0.5) is 0 Å². The number of ether oxygens (including phenoxy) is 4. The topological polar surface area (TPSA) is 90.1 Å². The normalized spacial score (nSPS) is 18.8. The van der Waals surface area contributed by atoms with Crippen LogP contribution in [-0.2, 0) is 11.2 Å². The summed E-state index contributed by atoms with van der Waals surface area (Å²) < 4.78 is 22.0. The van der Waals surface area contributed by atoms with Crippen molar-refractivity contribution < 1.29 is 23.7 Å². The Morgan fingerprint density at radius 1 is 1.00 bits per heavy atom. The van der Waals surface area contributed by atoms with Crippen molar-refractivity contribution in [3.8, 4) is 23.0 Å². The van der Waals surface area contributed by atoms with Crippen molar-refractivity contribution in [1.82, 2.24) is 9.88 Å². The third-order valence-corrected chi connectivity index (χ3v) is 6.74. The number of H-pyrrole nitrogens is 1. The number of aromatic amines is 1. The summed E-state index contributed by atoms with van der Waals surface area (Å²) in [6, 6.07) is 8.84. The molecule has 2 aromatic carbocycles. The Hall–Kier alpha value is -3.68. The number of hydrogen-bond acceptors (Lipinski definition) is 6. The van der Waals surface area contributed by atoms with Crippen LogP contribution in [-0.4, -0.2) is 43.3 Å². The van der Waals surface area contributed by atoms with Crippen LogP contribution in [0.3, 0.4) is 0 Å². The smallest absolute Gasteiger partial charge is 0.254 e. The molecule has 33 heavy (non-hydrogen) atoms. The lowest BCUT2D eigenvalue weighted by Gasteiger charge is -2.38. The van der Waals surface area contributed by atoms with Gasteiger partial charge in [-0.2, -0.15) is 0 Å². The van der Waals surface area contributed by atoms with Crippen LogP contribution < -0.4 is 24.5 Å². The van der Waals surface area contributed by atoms with E-state index in [-0.39, 0.29) is 24.2 Å². The lowest BCUT2D eigenvalue weighted by Crippen LogP contribution is -2.43. The number of amides is 1. The molecule has 3 heterocycles. The summed E-state index contributed by atoms with van der Waals surface area (Å²) in [5.41, 5.74) is 2.88. The Morgan fingerprint density at radius 3 is 2.45 bits per heavy atom. The average Bonchev–Trinajstić information content (AvgIpc) is 3.58. The molecular formula is C25H24N2O6. The van der Waals surface area contributed by atoms with Gasteiger partial charge in [-0.25, -0.2) is 0 Å². The number of carbonyl (C=O) groups excluding carboxylic acids is 1. The van der Waals surface area contributed by atoms with Crippen LogP contribution in [0.1, 0.15) is 35.6 Å². The molecule has 1 amide bonds. The predicted octanol–water partition coefficient (Wildman–Crippen LogP) is 3.16. The molecule has 1 aromatic heterocycles. The highest BCUT2D eigenvalue weighted by molar-refractivity contribution is 5.85. The summed E-state index contributed by atoms with van der Waals surface area (Å²) >= 11 is 0. The van der Waals surface area contributed by atoms with Crippen LogP contribution in [0.25, 0.3) is 10.9 Å². The molecule has 1 N–H and O–H groups in total. The maximum absolute atomic E-state index is 13.4. The lowest BCUT2D eigenvalue weighted by atomic mass is 9.87. The zero-order valence-electron chi connectivity index (χ0n) is 18.5. The molecule has 0 saturated heterocycles. The van der Waals surface area contributed by atoms with E-state index < -0.39 is 6.04 Å². The molecule has 1 fully saturated rings. The van der Waals surface area contributed by atoms with E-state index in [0.717, 1.165) is 29.4 Å². The molecule has 0 unspecified atom stereocenters. The van der Waals surface area contributed by atoms with Crippen LogP contribution >= 0.6 is 0 Å². The van der Waals surface area contributed by atoms with Crippen molar-refractivity contribution in [2.24, 2.45) is 5.92 Å². The number of aromatic nitrogens is 1. The van der Waals surface area contributed by atoms with E-state index in [2.05, 4.69) is 4.98 Å². The maximum atomic E-state index is 13.4. The van der Waals surface area contributed by atoms with Gasteiger partial charge in [0.25, 0.3) is 5.56 Å². The monoisotopic (exact) mass is 448 g/mol. The van der Waals surface area contributed by atoms with E-state index in [1.54, 1.807) is 20.3 Å². The Balaban J connectivity index is 1.55. The highest BCUT2D eigenvalue weighted by atomic mass is 16.7. The number of hydrogen-bond donors (Lipinski definition) is 1. The van der Waals surface area contributed by atoms with Gasteiger partial charge < -0.3 is 28.8 Å². The van der Waals surface area contributed by atoms with Gasteiger partial charge in [-0.15, -0.1) is 0 Å². The van der Waals surface area contributed by atoms with Crippen molar-refractivity contribution in [3.63, 3.8) is 0 Å². The molecule has 3 aromatic rings. The Labute approximate surface area is 190 Å². The average molecular weight is 448 g/mol. The third-order valence-electron chi connectivity index (χ3n) is 6.74. The summed E-state index contributed by atoms with van der Waals surface area (Å²) in [5, 5.41) is 0.820. The largest absolute Gasteiger partial charge is 0.493 e. The number of fused-ring (bicyclic) bond motifs is 3. The summed E-state index contributed by atoms with van der Waals surface area (Å²) in [6.45, 7) is 0.700. The number of nitrogens with one attached hydrogen (secondary N) is 1. The Morgan fingerprint density at radius 2 is 1.73 bits per heavy atom. The highest BCUT2D eigenvalue weighted by Crippen LogP contribution is 2.43. The summed E-state index contributed by atoms with van der Waals surface area (Å²) in [7, 11) is 3.19. The number of nitrogens with zero attached hydrogens (tertiary/aromatic N) is 1. The molecule has 1 saturated carbocycles. The fourth-order valence-electron chi connectivity index (χ4n) is 4.90. The summed E-state index contributed by atoms with van der Waals surface area (Å²) in [5.74, 6) is 2.60. The van der Waals surface area contributed by atoms with E-state index in [9.17, 15) is 9.59 Å². The minimum absolute atomic E-state index is 0.0440. The summed E-state index contributed by atoms with van der Waals surface area (Å²) in [4.78, 5) is 31.5. The first-order valence-electron chi connectivity index (χ1n) is 11.1. The number of rotatable bonds is 4. The molecule has 1 atom stereocenters. The molecule has 2 aliphatic heterocycles. The fraction of sp³-hybridized carbons (Fsp3) is 0.360. The molecule has 8 heteroatoms. The van der Waals surface area contributed by atoms with E-state index >= 15 is 0 Å². The van der Waals surface area contributed by atoms with E-state index in [0.29, 0.717) is 47.0 Å². The second-order valence-corrected chi connectivity index (χ2v) is 8.71. The molecule has 0 bridgehead atoms. The minimum atomic E-state index is -0.514. The van der Waals surface area contributed by atoms with E-state index in [1.807, 2.05) is 29.2 Å². The van der Waals surface area contributed by atoms with Crippen LogP contribution in [0.5, 0.6) is 23.0 Å². The zero-order valence-corrected chi connectivity index (χ0v) is 18.5. The first-order valence-corrected chi connectivity index (χ1v) is 11.1. The van der Waals surface area contributed by atoms with Crippen molar-refractivity contribution >= 4 is 16.8 Å². The van der Waals surface area contributed by atoms with Crippen molar-refractivity contribution in [1.29, 1.82) is 0 Å². The number of benzene rings is 2. The third kappa shape index (κ3) is 3.20. The molecule has 1 aliphatic carbocycles. The van der Waals surface area contributed by atoms with Crippen LogP contribution in [0.2, 0.25) is 0 Å². The van der Waals surface area contributed by atoms with Gasteiger partial charge in [0.1, 0.15) is 0 Å². The van der Waals surface area contributed by atoms with Gasteiger partial charge in [0.15, 0.2) is 23.0 Å². The lowest BCUT2D eigenvalue weighted by molar-refractivity contribution is -0.134. The highest BCUT2D eigenvalue weighted by Gasteiger charge is 2.41. The van der Waals surface area contributed by atoms with Crippen molar-refractivity contribution in [2.75, 3.05) is 27.6 Å². The van der Waals surface area contributed by atoms with Crippen LogP contribution in [0.15, 0.2) is 35.1 Å². The van der Waals surface area contributed by atoms with Crippen molar-refractivity contribution in [3.05, 3.63) is 57.4 Å². The van der Waals surface area contributed by atoms with Gasteiger partial charge in [-0.1, -0.05) is 0 Å². The van der Waals surface area contributed by atoms with E-state index in [4.69, 9.17) is 18.9 Å². The van der Waals surface area contributed by atoms with Gasteiger partial charge in [-0.05, 0) is 54.7 Å². The van der Waals surface area contributed by atoms with Gasteiger partial charge in [0, 0.05) is 29.5 Å². The first-order chi connectivity index (χ1) is 16.1. The predicted molar refractivity (Wildman–Crippen MR) is 120 cm³/mol. The standard InChI is InChI=1S/C25H24N2O6/c1-30-19-8-14-5-6-27(25(29)13-3-4-13)23(16(14)10-20(19)31-2)17-7-15-9-21-22(33-12-32-21)11-18(15)26-24(17)28/h7-11,13,23H,3-6,12H2,1-2H3,(H,26,28)/t23-/m1/s1. The van der Waals surface area contributed by atoms with Crippen LogP contribution in [0, 0.1) is 5.92 Å². The molecule has 8 nitrogen and oxygen atoms in total. The molecule has 0 spiro atoms. The second-order valence-electron chi connectivity index (χ2n) is 8.71. The fourth-order valence-corrected chi connectivity index (χ4v) is 4.90. The Bertz CT molecular complexity index is 1340. The second kappa shape index (κ2) is 7.43. The number of pyridine rings is 1. The SMILES string of the molecule is COc1cc2c(cc1OC)[C@H](c1cc3cc4c(cc3[nH]c1=O)OCO4)N(C(=O)C1CC1)CC2. The minimum Gasteiger partial charge on any atom is -0.493 e. The first kappa shape index (κ1) is 20.0.